The third-order valence-electron chi connectivity index (χ3n) is 3.55. The molecule has 1 fully saturated rings. The van der Waals surface area contributed by atoms with Crippen LogP contribution < -0.4 is 5.32 Å². The summed E-state index contributed by atoms with van der Waals surface area (Å²) in [5.74, 6) is 0. The van der Waals surface area contributed by atoms with Crippen molar-refractivity contribution in [2.45, 2.75) is 16.2 Å². The van der Waals surface area contributed by atoms with Gasteiger partial charge in [-0.3, -0.25) is 0 Å². The van der Waals surface area contributed by atoms with Gasteiger partial charge >= 0.3 is 0 Å². The van der Waals surface area contributed by atoms with Crippen LogP contribution in [0.2, 0.25) is 0 Å². The van der Waals surface area contributed by atoms with Gasteiger partial charge in [-0.15, -0.1) is 11.8 Å². The second-order valence-corrected chi connectivity index (χ2v) is 7.93. The first kappa shape index (κ1) is 15.8. The number of benzene rings is 1. The minimum Gasteiger partial charge on any atom is -0.314 e. The Morgan fingerprint density at radius 1 is 1.30 bits per heavy atom. The minimum absolute atomic E-state index is 0.461. The molecule has 0 spiro atoms. The monoisotopic (exact) mass is 314 g/mol. The summed E-state index contributed by atoms with van der Waals surface area (Å²) in [5.41, 5.74) is 1.10. The maximum Gasteiger partial charge on any atom is 0.176 e. The number of piperazine rings is 1. The number of hydrogen-bond acceptors (Lipinski definition) is 5. The van der Waals surface area contributed by atoms with E-state index >= 15 is 0 Å². The third-order valence-corrected chi connectivity index (χ3v) is 5.62. The van der Waals surface area contributed by atoms with Crippen LogP contribution in [0.1, 0.15) is 5.56 Å². The van der Waals surface area contributed by atoms with Crippen molar-refractivity contribution in [3.63, 3.8) is 0 Å². The molecule has 20 heavy (non-hydrogen) atoms. The average Bonchev–Trinajstić information content (AvgIpc) is 2.45. The van der Waals surface area contributed by atoms with Crippen LogP contribution in [-0.4, -0.2) is 58.6 Å². The Morgan fingerprint density at radius 3 is 2.60 bits per heavy atom. The number of nitrogens with one attached hydrogen (secondary N) is 1. The second-order valence-electron chi connectivity index (χ2n) is 5.10. The smallest absolute Gasteiger partial charge is 0.176 e. The molecular formula is C14H22N2O2S2. The minimum atomic E-state index is -3.16. The van der Waals surface area contributed by atoms with Gasteiger partial charge in [0.05, 0.1) is 4.90 Å². The van der Waals surface area contributed by atoms with E-state index in [1.54, 1.807) is 0 Å². The molecule has 0 radical (unpaired) electrons. The van der Waals surface area contributed by atoms with Gasteiger partial charge in [0, 0.05) is 43.9 Å². The number of sulfone groups is 1. The fourth-order valence-electron chi connectivity index (χ4n) is 2.39. The Balaban J connectivity index is 2.08. The molecule has 1 heterocycles. The summed E-state index contributed by atoms with van der Waals surface area (Å²) < 4.78 is 23.7. The van der Waals surface area contributed by atoms with Crippen molar-refractivity contribution in [3.8, 4) is 0 Å². The summed E-state index contributed by atoms with van der Waals surface area (Å²) in [6, 6.07) is 5.81. The average molecular weight is 314 g/mol. The molecule has 0 bridgehead atoms. The number of nitrogens with zero attached hydrogens (tertiary/aromatic N) is 1. The highest BCUT2D eigenvalue weighted by Gasteiger charge is 2.14. The van der Waals surface area contributed by atoms with Crippen molar-refractivity contribution in [2.24, 2.45) is 0 Å². The Bertz CT molecular complexity index is 552. The van der Waals surface area contributed by atoms with E-state index in [0.29, 0.717) is 4.90 Å². The van der Waals surface area contributed by atoms with Gasteiger partial charge in [0.1, 0.15) is 0 Å². The molecule has 0 aromatic heterocycles. The van der Waals surface area contributed by atoms with Crippen molar-refractivity contribution in [1.82, 2.24) is 10.2 Å². The number of rotatable bonds is 5. The standard InChI is InChI=1S/C14H22N2O2S2/c1-19-13-4-3-12(11-14(13)20(2,17)18)5-8-16-9-6-15-7-10-16/h3-4,11,15H,5-10H2,1-2H3. The molecule has 1 N–H and O–H groups in total. The van der Waals surface area contributed by atoms with Gasteiger partial charge < -0.3 is 10.2 Å². The quantitative estimate of drug-likeness (QED) is 0.829. The molecule has 112 valence electrons. The first-order valence-corrected chi connectivity index (χ1v) is 9.92. The van der Waals surface area contributed by atoms with E-state index in [9.17, 15) is 8.42 Å². The fraction of sp³-hybridized carbons (Fsp3) is 0.571. The van der Waals surface area contributed by atoms with Crippen molar-refractivity contribution in [2.75, 3.05) is 45.2 Å². The first-order valence-electron chi connectivity index (χ1n) is 6.81. The topological polar surface area (TPSA) is 49.4 Å². The highest BCUT2D eigenvalue weighted by Crippen LogP contribution is 2.26. The molecule has 1 aliphatic rings. The molecule has 0 saturated carbocycles. The lowest BCUT2D eigenvalue weighted by Gasteiger charge is -2.27. The van der Waals surface area contributed by atoms with Crippen LogP contribution in [0, 0.1) is 0 Å². The van der Waals surface area contributed by atoms with Crippen LogP contribution in [0.25, 0.3) is 0 Å². The molecule has 2 rings (SSSR count). The highest BCUT2D eigenvalue weighted by atomic mass is 32.2. The Hall–Kier alpha value is -0.560. The predicted octanol–water partition coefficient (Wildman–Crippen LogP) is 1.26. The third kappa shape index (κ3) is 4.22. The number of thioether (sulfide) groups is 1. The largest absolute Gasteiger partial charge is 0.314 e. The van der Waals surface area contributed by atoms with Crippen molar-refractivity contribution >= 4 is 21.6 Å². The predicted molar refractivity (Wildman–Crippen MR) is 84.3 cm³/mol. The molecule has 0 aliphatic carbocycles. The summed E-state index contributed by atoms with van der Waals surface area (Å²) in [4.78, 5) is 3.71. The molecule has 4 nitrogen and oxygen atoms in total. The SMILES string of the molecule is CSc1ccc(CCN2CCNCC2)cc1S(C)(=O)=O. The van der Waals surface area contributed by atoms with Crippen LogP contribution in [-0.2, 0) is 16.3 Å². The van der Waals surface area contributed by atoms with Gasteiger partial charge in [0.15, 0.2) is 9.84 Å². The second kappa shape index (κ2) is 6.93. The van der Waals surface area contributed by atoms with Crippen LogP contribution in [0.3, 0.4) is 0 Å². The van der Waals surface area contributed by atoms with E-state index in [1.165, 1.54) is 18.0 Å². The van der Waals surface area contributed by atoms with E-state index in [2.05, 4.69) is 10.2 Å². The van der Waals surface area contributed by atoms with Crippen LogP contribution >= 0.6 is 11.8 Å². The van der Waals surface area contributed by atoms with Gasteiger partial charge in [-0.25, -0.2) is 8.42 Å². The maximum atomic E-state index is 11.8. The molecule has 1 aromatic rings. The van der Waals surface area contributed by atoms with E-state index in [1.807, 2.05) is 24.5 Å². The van der Waals surface area contributed by atoms with E-state index in [-0.39, 0.29) is 0 Å². The fourth-order valence-corrected chi connectivity index (χ4v) is 4.36. The lowest BCUT2D eigenvalue weighted by Crippen LogP contribution is -2.44. The van der Waals surface area contributed by atoms with E-state index < -0.39 is 9.84 Å². The Kier molecular flexibility index (Phi) is 5.49. The molecule has 1 aliphatic heterocycles. The van der Waals surface area contributed by atoms with Crippen molar-refractivity contribution in [1.29, 1.82) is 0 Å². The normalized spacial score (nSPS) is 17.3. The molecule has 0 unspecified atom stereocenters. The zero-order valence-electron chi connectivity index (χ0n) is 12.1. The van der Waals surface area contributed by atoms with Gasteiger partial charge in [-0.1, -0.05) is 6.07 Å². The van der Waals surface area contributed by atoms with E-state index in [0.717, 1.165) is 49.6 Å². The van der Waals surface area contributed by atoms with Gasteiger partial charge in [-0.05, 0) is 30.4 Å². The molecule has 0 atom stereocenters. The summed E-state index contributed by atoms with van der Waals surface area (Å²) in [7, 11) is -3.16. The summed E-state index contributed by atoms with van der Waals surface area (Å²) in [5, 5.41) is 3.33. The van der Waals surface area contributed by atoms with Gasteiger partial charge in [0.2, 0.25) is 0 Å². The van der Waals surface area contributed by atoms with Gasteiger partial charge in [-0.2, -0.15) is 0 Å². The number of hydrogen-bond donors (Lipinski definition) is 1. The molecule has 0 amide bonds. The summed E-state index contributed by atoms with van der Waals surface area (Å²) >= 11 is 1.48. The summed E-state index contributed by atoms with van der Waals surface area (Å²) in [6.45, 7) is 5.22. The lowest BCUT2D eigenvalue weighted by molar-refractivity contribution is 0.244. The Morgan fingerprint density at radius 2 is 2.00 bits per heavy atom. The molecule has 1 saturated heterocycles. The lowest BCUT2D eigenvalue weighted by atomic mass is 10.1. The van der Waals surface area contributed by atoms with Crippen LogP contribution in [0.15, 0.2) is 28.0 Å². The Labute approximate surface area is 125 Å². The van der Waals surface area contributed by atoms with Crippen LogP contribution in [0.5, 0.6) is 0 Å². The van der Waals surface area contributed by atoms with Crippen molar-refractivity contribution < 1.29 is 8.42 Å². The maximum absolute atomic E-state index is 11.8. The molecule has 1 aromatic carbocycles. The van der Waals surface area contributed by atoms with Gasteiger partial charge in [0.25, 0.3) is 0 Å². The highest BCUT2D eigenvalue weighted by molar-refractivity contribution is 7.99. The molecular weight excluding hydrogens is 292 g/mol. The summed E-state index contributed by atoms with van der Waals surface area (Å²) in [6.07, 6.45) is 4.09. The zero-order chi connectivity index (χ0) is 14.6. The van der Waals surface area contributed by atoms with Crippen molar-refractivity contribution in [3.05, 3.63) is 23.8 Å². The first-order chi connectivity index (χ1) is 9.50. The zero-order valence-corrected chi connectivity index (χ0v) is 13.7. The van der Waals surface area contributed by atoms with Crippen LogP contribution in [0.4, 0.5) is 0 Å². The molecule has 6 heteroatoms. The van der Waals surface area contributed by atoms with E-state index in [4.69, 9.17) is 0 Å².